The Kier molecular flexibility index (Phi) is 6.13. The van der Waals surface area contributed by atoms with Gasteiger partial charge in [0.1, 0.15) is 16.4 Å². The molecule has 3 rings (SSSR count). The molecule has 0 aliphatic heterocycles. The molecule has 3 aromatic rings. The number of thiophene rings is 1. The van der Waals surface area contributed by atoms with E-state index in [1.54, 1.807) is 31.4 Å². The Morgan fingerprint density at radius 1 is 1.04 bits per heavy atom. The summed E-state index contributed by atoms with van der Waals surface area (Å²) in [6, 6.07) is 17.2. The normalized spacial score (nSPS) is 11.4. The molecule has 1 heterocycles. The van der Waals surface area contributed by atoms with Crippen molar-refractivity contribution in [3.8, 4) is 11.5 Å². The number of hydrogen-bond donors (Lipinski definition) is 0. The summed E-state index contributed by atoms with van der Waals surface area (Å²) >= 11 is 1.03. The van der Waals surface area contributed by atoms with E-state index in [0.717, 1.165) is 16.9 Å². The highest BCUT2D eigenvalue weighted by Gasteiger charge is 2.24. The minimum absolute atomic E-state index is 0.0672. The number of carbonyl (C=O) groups excluding carboxylic acids is 1. The van der Waals surface area contributed by atoms with Crippen molar-refractivity contribution in [1.29, 1.82) is 0 Å². The predicted molar refractivity (Wildman–Crippen MR) is 107 cm³/mol. The topological polar surface area (TPSA) is 72.9 Å². The molecule has 146 valence electrons. The molecule has 0 bridgehead atoms. The maximum atomic E-state index is 12.8. The Hall–Kier alpha value is -2.68. The van der Waals surface area contributed by atoms with Crippen LogP contribution in [0.3, 0.4) is 0 Å². The molecule has 0 saturated carbocycles. The fraction of sp³-hybridized carbons (Fsp3) is 0.150. The Labute approximate surface area is 168 Å². The van der Waals surface area contributed by atoms with Crippen molar-refractivity contribution in [2.24, 2.45) is 0 Å². The Bertz CT molecular complexity index is 1040. The summed E-state index contributed by atoms with van der Waals surface area (Å²) < 4.78 is 37.1. The fourth-order valence-electron chi connectivity index (χ4n) is 2.47. The first kappa shape index (κ1) is 20.1. The number of carbonyl (C=O) groups is 1. The highest BCUT2D eigenvalue weighted by Crippen LogP contribution is 2.25. The minimum atomic E-state index is -3.71. The first-order chi connectivity index (χ1) is 13.4. The summed E-state index contributed by atoms with van der Waals surface area (Å²) in [4.78, 5) is 12.6. The molecule has 0 aliphatic rings. The number of ether oxygens (including phenoxy) is 2. The molecule has 0 saturated heterocycles. The highest BCUT2D eigenvalue weighted by molar-refractivity contribution is 7.89. The lowest BCUT2D eigenvalue weighted by Gasteiger charge is -2.16. The van der Waals surface area contributed by atoms with E-state index >= 15 is 0 Å². The lowest BCUT2D eigenvalue weighted by atomic mass is 10.2. The number of benzene rings is 2. The van der Waals surface area contributed by atoms with Crippen molar-refractivity contribution in [2.45, 2.75) is 11.4 Å². The van der Waals surface area contributed by atoms with Crippen molar-refractivity contribution in [3.05, 3.63) is 76.5 Å². The highest BCUT2D eigenvalue weighted by atomic mass is 32.2. The average molecular weight is 418 g/mol. The summed E-state index contributed by atoms with van der Waals surface area (Å²) in [6.45, 7) is 0.241. The van der Waals surface area contributed by atoms with Crippen LogP contribution in [0.1, 0.15) is 15.2 Å². The summed E-state index contributed by atoms with van der Waals surface area (Å²) in [7, 11) is -0.658. The zero-order chi connectivity index (χ0) is 20.1. The number of hydrogen-bond acceptors (Lipinski definition) is 6. The van der Waals surface area contributed by atoms with Gasteiger partial charge in [-0.1, -0.05) is 30.3 Å². The first-order valence-corrected chi connectivity index (χ1v) is 10.7. The van der Waals surface area contributed by atoms with Gasteiger partial charge in [-0.05, 0) is 35.9 Å². The Morgan fingerprint density at radius 2 is 1.68 bits per heavy atom. The van der Waals surface area contributed by atoms with Gasteiger partial charge in [0.2, 0.25) is 10.0 Å². The van der Waals surface area contributed by atoms with Gasteiger partial charge in [0, 0.05) is 19.0 Å². The first-order valence-electron chi connectivity index (χ1n) is 8.35. The summed E-state index contributed by atoms with van der Waals surface area (Å²) in [5.41, 5.74) is 0.878. The van der Waals surface area contributed by atoms with Crippen LogP contribution >= 0.6 is 11.3 Å². The van der Waals surface area contributed by atoms with E-state index in [1.807, 2.05) is 30.3 Å². The molecular weight excluding hydrogens is 398 g/mol. The second-order valence-electron chi connectivity index (χ2n) is 5.96. The van der Waals surface area contributed by atoms with Crippen LogP contribution in [0.25, 0.3) is 0 Å². The van der Waals surface area contributed by atoms with Gasteiger partial charge < -0.3 is 9.47 Å². The third-order valence-corrected chi connectivity index (χ3v) is 6.84. The molecule has 6 nitrogen and oxygen atoms in total. The van der Waals surface area contributed by atoms with Crippen LogP contribution in [-0.4, -0.2) is 32.8 Å². The molecule has 0 spiro atoms. The third-order valence-electron chi connectivity index (χ3n) is 4.00. The second kappa shape index (κ2) is 8.55. The number of rotatable bonds is 7. The zero-order valence-electron chi connectivity index (χ0n) is 15.4. The van der Waals surface area contributed by atoms with Gasteiger partial charge in [0.15, 0.2) is 0 Å². The van der Waals surface area contributed by atoms with Gasteiger partial charge in [-0.3, -0.25) is 0 Å². The smallest absolute Gasteiger partial charge is 0.353 e. The van der Waals surface area contributed by atoms with Crippen molar-refractivity contribution in [1.82, 2.24) is 4.31 Å². The number of nitrogens with zero attached hydrogens (tertiary/aromatic N) is 1. The Balaban J connectivity index is 1.71. The third kappa shape index (κ3) is 4.59. The summed E-state index contributed by atoms with van der Waals surface area (Å²) in [6.07, 6.45) is 0. The molecule has 1 aromatic heterocycles. The van der Waals surface area contributed by atoms with E-state index in [9.17, 15) is 13.2 Å². The van der Waals surface area contributed by atoms with Crippen molar-refractivity contribution in [3.63, 3.8) is 0 Å². The van der Waals surface area contributed by atoms with E-state index in [2.05, 4.69) is 0 Å². The Morgan fingerprint density at radius 3 is 2.32 bits per heavy atom. The maximum Gasteiger partial charge on any atom is 0.353 e. The zero-order valence-corrected chi connectivity index (χ0v) is 17.0. The van der Waals surface area contributed by atoms with E-state index in [4.69, 9.17) is 9.47 Å². The van der Waals surface area contributed by atoms with Crippen molar-refractivity contribution < 1.29 is 22.7 Å². The van der Waals surface area contributed by atoms with Crippen LogP contribution in [-0.2, 0) is 16.6 Å². The number of sulfonamides is 1. The van der Waals surface area contributed by atoms with Gasteiger partial charge >= 0.3 is 5.97 Å². The maximum absolute atomic E-state index is 12.8. The number of esters is 1. The molecule has 2 aromatic carbocycles. The molecule has 0 amide bonds. The molecule has 8 heteroatoms. The monoisotopic (exact) mass is 417 g/mol. The largest absolute Gasteiger partial charge is 0.497 e. The van der Waals surface area contributed by atoms with Crippen molar-refractivity contribution >= 4 is 27.3 Å². The SMILES string of the molecule is COc1ccc(OC(=O)c2cc(S(=O)(=O)N(C)Cc3ccccc3)cs2)cc1. The molecular formula is C20H19NO5S2. The van der Waals surface area contributed by atoms with E-state index in [0.29, 0.717) is 11.5 Å². The van der Waals surface area contributed by atoms with Gasteiger partial charge in [-0.2, -0.15) is 4.31 Å². The van der Waals surface area contributed by atoms with Crippen LogP contribution in [0.4, 0.5) is 0 Å². The predicted octanol–water partition coefficient (Wildman–Crippen LogP) is 3.80. The van der Waals surface area contributed by atoms with Crippen LogP contribution < -0.4 is 9.47 Å². The van der Waals surface area contributed by atoms with Gasteiger partial charge in [-0.15, -0.1) is 11.3 Å². The molecule has 28 heavy (non-hydrogen) atoms. The van der Waals surface area contributed by atoms with E-state index < -0.39 is 16.0 Å². The molecule has 0 fully saturated rings. The lowest BCUT2D eigenvalue weighted by Crippen LogP contribution is -2.26. The fourth-order valence-corrected chi connectivity index (χ4v) is 4.76. The molecule has 0 aliphatic carbocycles. The van der Waals surface area contributed by atoms with Crippen LogP contribution in [0.15, 0.2) is 70.9 Å². The molecule has 0 unspecified atom stereocenters. The average Bonchev–Trinajstić information content (AvgIpc) is 3.20. The minimum Gasteiger partial charge on any atom is -0.497 e. The molecule has 0 radical (unpaired) electrons. The van der Waals surface area contributed by atoms with Gasteiger partial charge in [-0.25, -0.2) is 13.2 Å². The van der Waals surface area contributed by atoms with E-state index in [-0.39, 0.29) is 16.3 Å². The van der Waals surface area contributed by atoms with Crippen LogP contribution in [0, 0.1) is 0 Å². The van der Waals surface area contributed by atoms with Crippen LogP contribution in [0.2, 0.25) is 0 Å². The summed E-state index contributed by atoms with van der Waals surface area (Å²) in [5.74, 6) is 0.387. The van der Waals surface area contributed by atoms with Crippen molar-refractivity contribution in [2.75, 3.05) is 14.2 Å². The number of methoxy groups -OCH3 is 1. The quantitative estimate of drug-likeness (QED) is 0.432. The molecule has 0 atom stereocenters. The van der Waals surface area contributed by atoms with E-state index in [1.165, 1.54) is 22.8 Å². The lowest BCUT2D eigenvalue weighted by molar-refractivity contribution is 0.0739. The second-order valence-corrected chi connectivity index (χ2v) is 8.91. The standard InChI is InChI=1S/C20H19NO5S2/c1-21(13-15-6-4-3-5-7-15)28(23,24)18-12-19(27-14-18)20(22)26-17-10-8-16(25-2)9-11-17/h3-12,14H,13H2,1-2H3. The van der Waals surface area contributed by atoms with Gasteiger partial charge in [0.05, 0.1) is 12.0 Å². The summed E-state index contributed by atoms with van der Waals surface area (Å²) in [5, 5.41) is 1.45. The molecule has 0 N–H and O–H groups in total. The van der Waals surface area contributed by atoms with Gasteiger partial charge in [0.25, 0.3) is 0 Å². The van der Waals surface area contributed by atoms with Crippen LogP contribution in [0.5, 0.6) is 11.5 Å².